The quantitative estimate of drug-likeness (QED) is 0.901. The van der Waals surface area contributed by atoms with Gasteiger partial charge in [-0.3, -0.25) is 10.1 Å². The number of nitrogens with one attached hydrogen (secondary N) is 1. The summed E-state index contributed by atoms with van der Waals surface area (Å²) in [5.74, 6) is -2.29. The van der Waals surface area contributed by atoms with E-state index in [4.69, 9.17) is 5.73 Å². The van der Waals surface area contributed by atoms with Crippen molar-refractivity contribution >= 4 is 5.91 Å². The number of hydrogen-bond acceptors (Lipinski definition) is 2. The summed E-state index contributed by atoms with van der Waals surface area (Å²) in [6.45, 7) is 0. The molecule has 0 spiro atoms. The predicted molar refractivity (Wildman–Crippen MR) is 83.5 cm³/mol. The van der Waals surface area contributed by atoms with Crippen LogP contribution in [0.1, 0.15) is 41.6 Å². The topological polar surface area (TPSA) is 55.1 Å². The number of rotatable bonds is 4. The van der Waals surface area contributed by atoms with Crippen LogP contribution in [0.25, 0.3) is 0 Å². The van der Waals surface area contributed by atoms with E-state index in [0.717, 1.165) is 6.07 Å². The fraction of sp³-hybridized carbons (Fsp3) is 0.278. The van der Waals surface area contributed by atoms with Crippen molar-refractivity contribution in [3.8, 4) is 0 Å². The highest BCUT2D eigenvalue weighted by Crippen LogP contribution is 2.34. The van der Waals surface area contributed by atoms with Crippen molar-refractivity contribution in [2.24, 2.45) is 5.73 Å². The molecule has 3 rings (SSSR count). The van der Waals surface area contributed by atoms with Crippen LogP contribution in [0.2, 0.25) is 0 Å². The second-order valence-electron chi connectivity index (χ2n) is 5.95. The first-order valence-corrected chi connectivity index (χ1v) is 7.74. The average Bonchev–Trinajstić information content (AvgIpc) is 2.53. The lowest BCUT2D eigenvalue weighted by molar-refractivity contribution is -0.120. The van der Waals surface area contributed by atoms with Gasteiger partial charge in [-0.2, -0.15) is 0 Å². The molecule has 24 heavy (non-hydrogen) atoms. The number of halogens is 3. The van der Waals surface area contributed by atoms with Gasteiger partial charge < -0.3 is 5.73 Å². The summed E-state index contributed by atoms with van der Waals surface area (Å²) in [6, 6.07) is 6.29. The first kappa shape index (κ1) is 16.5. The van der Waals surface area contributed by atoms with Crippen molar-refractivity contribution in [1.29, 1.82) is 0 Å². The minimum absolute atomic E-state index is 0.401. The van der Waals surface area contributed by atoms with Gasteiger partial charge in [-0.15, -0.1) is 0 Å². The Hall–Kier alpha value is -2.34. The maximum absolute atomic E-state index is 14.0. The van der Waals surface area contributed by atoms with Crippen LogP contribution in [0.4, 0.5) is 13.2 Å². The van der Waals surface area contributed by atoms with E-state index < -0.39 is 35.4 Å². The third-order valence-electron chi connectivity index (χ3n) is 4.35. The highest BCUT2D eigenvalue weighted by molar-refractivity contribution is 5.81. The molecule has 0 aromatic heterocycles. The summed E-state index contributed by atoms with van der Waals surface area (Å²) in [5, 5.41) is 3.07. The first-order chi connectivity index (χ1) is 11.5. The van der Waals surface area contributed by atoms with Crippen LogP contribution in [-0.4, -0.2) is 5.91 Å². The van der Waals surface area contributed by atoms with E-state index >= 15 is 0 Å². The highest BCUT2D eigenvalue weighted by atomic mass is 19.1. The molecule has 6 heteroatoms. The molecule has 0 heterocycles. The molecule has 0 saturated heterocycles. The first-order valence-electron chi connectivity index (χ1n) is 7.74. The third kappa shape index (κ3) is 3.28. The molecule has 3 nitrogen and oxygen atoms in total. The molecule has 1 aliphatic rings. The van der Waals surface area contributed by atoms with Gasteiger partial charge in [-0.25, -0.2) is 13.2 Å². The Bertz CT molecular complexity index is 762. The molecule has 0 bridgehead atoms. The second-order valence-corrected chi connectivity index (χ2v) is 5.95. The highest BCUT2D eigenvalue weighted by Gasteiger charge is 2.28. The number of primary amides is 1. The largest absolute Gasteiger partial charge is 0.368 e. The van der Waals surface area contributed by atoms with Crippen LogP contribution in [0.5, 0.6) is 0 Å². The SMILES string of the molecule is NC(=O)C(N[C@@H]1CCCc2c(F)cc(F)cc21)c1ccc(F)cc1. The van der Waals surface area contributed by atoms with E-state index in [1.54, 1.807) is 0 Å². The van der Waals surface area contributed by atoms with Gasteiger partial charge in [0.2, 0.25) is 5.91 Å². The normalized spacial score (nSPS) is 18.0. The van der Waals surface area contributed by atoms with Gasteiger partial charge in [0.25, 0.3) is 0 Å². The molecule has 3 N–H and O–H groups in total. The van der Waals surface area contributed by atoms with E-state index in [-0.39, 0.29) is 0 Å². The summed E-state index contributed by atoms with van der Waals surface area (Å²) in [4.78, 5) is 11.8. The number of hydrogen-bond donors (Lipinski definition) is 2. The van der Waals surface area contributed by atoms with Crippen LogP contribution >= 0.6 is 0 Å². The Morgan fingerprint density at radius 2 is 1.83 bits per heavy atom. The number of carbonyl (C=O) groups is 1. The van der Waals surface area contributed by atoms with Crippen molar-refractivity contribution < 1.29 is 18.0 Å². The number of nitrogens with two attached hydrogens (primary N) is 1. The zero-order chi connectivity index (χ0) is 17.3. The third-order valence-corrected chi connectivity index (χ3v) is 4.35. The minimum atomic E-state index is -0.868. The fourth-order valence-corrected chi connectivity index (χ4v) is 3.21. The summed E-state index contributed by atoms with van der Waals surface area (Å²) in [7, 11) is 0. The van der Waals surface area contributed by atoms with Crippen LogP contribution < -0.4 is 11.1 Å². The molecule has 0 saturated carbocycles. The number of amides is 1. The number of fused-ring (bicyclic) bond motifs is 1. The maximum Gasteiger partial charge on any atom is 0.239 e. The van der Waals surface area contributed by atoms with Gasteiger partial charge in [0.1, 0.15) is 23.5 Å². The smallest absolute Gasteiger partial charge is 0.239 e. The Kier molecular flexibility index (Phi) is 4.57. The van der Waals surface area contributed by atoms with E-state index in [1.807, 2.05) is 0 Å². The molecule has 2 aromatic carbocycles. The van der Waals surface area contributed by atoms with Crippen LogP contribution in [0, 0.1) is 17.5 Å². The van der Waals surface area contributed by atoms with Gasteiger partial charge in [0.05, 0.1) is 0 Å². The molecule has 0 fully saturated rings. The molecule has 0 radical (unpaired) electrons. The van der Waals surface area contributed by atoms with E-state index in [2.05, 4.69) is 5.32 Å². The standard InChI is InChI=1S/C18H17F3N2O/c19-11-6-4-10(5-7-11)17(18(22)24)23-16-3-1-2-13-14(16)8-12(20)9-15(13)21/h4-9,16-17,23H,1-3H2,(H2,22,24)/t16-,17?/m1/s1. The lowest BCUT2D eigenvalue weighted by Crippen LogP contribution is -2.37. The molecular formula is C18H17F3N2O. The van der Waals surface area contributed by atoms with Crippen molar-refractivity contribution in [2.75, 3.05) is 0 Å². The maximum atomic E-state index is 14.0. The van der Waals surface area contributed by atoms with Gasteiger partial charge in [-0.1, -0.05) is 12.1 Å². The van der Waals surface area contributed by atoms with E-state index in [9.17, 15) is 18.0 Å². The monoisotopic (exact) mass is 334 g/mol. The lowest BCUT2D eigenvalue weighted by atomic mass is 9.86. The molecule has 0 aliphatic heterocycles. The zero-order valence-corrected chi connectivity index (χ0v) is 12.9. The predicted octanol–water partition coefficient (Wildman–Crippen LogP) is 3.30. The Labute approximate surface area is 137 Å². The molecule has 2 aromatic rings. The van der Waals surface area contributed by atoms with Crippen molar-refractivity contribution in [1.82, 2.24) is 5.32 Å². The average molecular weight is 334 g/mol. The Morgan fingerprint density at radius 1 is 1.12 bits per heavy atom. The van der Waals surface area contributed by atoms with Crippen molar-refractivity contribution in [3.63, 3.8) is 0 Å². The van der Waals surface area contributed by atoms with Crippen LogP contribution in [-0.2, 0) is 11.2 Å². The molecular weight excluding hydrogens is 317 g/mol. The lowest BCUT2D eigenvalue weighted by Gasteiger charge is -2.30. The van der Waals surface area contributed by atoms with Gasteiger partial charge in [-0.05, 0) is 54.2 Å². The van der Waals surface area contributed by atoms with E-state index in [1.165, 1.54) is 30.3 Å². The van der Waals surface area contributed by atoms with Crippen molar-refractivity contribution in [3.05, 3.63) is 70.5 Å². The van der Waals surface area contributed by atoms with Crippen LogP contribution in [0.15, 0.2) is 36.4 Å². The summed E-state index contributed by atoms with van der Waals surface area (Å²) >= 11 is 0. The van der Waals surface area contributed by atoms with Crippen molar-refractivity contribution in [2.45, 2.75) is 31.3 Å². The fourth-order valence-electron chi connectivity index (χ4n) is 3.21. The molecule has 2 atom stereocenters. The Balaban J connectivity index is 1.92. The number of benzene rings is 2. The van der Waals surface area contributed by atoms with Gasteiger partial charge in [0.15, 0.2) is 0 Å². The van der Waals surface area contributed by atoms with E-state index in [0.29, 0.717) is 36.0 Å². The zero-order valence-electron chi connectivity index (χ0n) is 12.9. The summed E-state index contributed by atoms with van der Waals surface area (Å²) in [5.41, 5.74) is 6.93. The molecule has 1 aliphatic carbocycles. The van der Waals surface area contributed by atoms with Gasteiger partial charge in [0, 0.05) is 12.1 Å². The summed E-state index contributed by atoms with van der Waals surface area (Å²) in [6.07, 6.45) is 1.86. The minimum Gasteiger partial charge on any atom is -0.368 e. The van der Waals surface area contributed by atoms with Gasteiger partial charge >= 0.3 is 0 Å². The number of carbonyl (C=O) groups excluding carboxylic acids is 1. The molecule has 1 unspecified atom stereocenters. The Morgan fingerprint density at radius 3 is 2.50 bits per heavy atom. The second kappa shape index (κ2) is 6.65. The summed E-state index contributed by atoms with van der Waals surface area (Å²) < 4.78 is 40.6. The molecule has 126 valence electrons. The van der Waals surface area contributed by atoms with Crippen LogP contribution in [0.3, 0.4) is 0 Å². The molecule has 1 amide bonds.